The van der Waals surface area contributed by atoms with Crippen molar-refractivity contribution in [3.05, 3.63) is 11.8 Å². The predicted molar refractivity (Wildman–Crippen MR) is 84.1 cm³/mol. The number of amides is 2. The highest BCUT2D eigenvalue weighted by Crippen LogP contribution is 2.09. The van der Waals surface area contributed by atoms with Gasteiger partial charge in [-0.1, -0.05) is 19.0 Å². The van der Waals surface area contributed by atoms with Crippen molar-refractivity contribution in [3.63, 3.8) is 0 Å². The summed E-state index contributed by atoms with van der Waals surface area (Å²) in [6.07, 6.45) is -0.278. The van der Waals surface area contributed by atoms with Crippen LogP contribution in [0.15, 0.2) is 10.6 Å². The molecule has 0 aromatic carbocycles. The van der Waals surface area contributed by atoms with Crippen molar-refractivity contribution in [1.82, 2.24) is 15.0 Å². The number of carbonyl (C=O) groups excluding carboxylic acids is 2. The standard InChI is InChI=1S/C15H24N4O4/c1-11(2)10-22-15(21)19-6-4-18(5-7-19)9-13(20)16-14-8-12(3)17-23-14/h8,11H,4-7,9-10H2,1-3H3,(H,16,20). The van der Waals surface area contributed by atoms with Crippen molar-refractivity contribution >= 4 is 17.9 Å². The SMILES string of the molecule is Cc1cc(NC(=O)CN2CCN(C(=O)OCC(C)C)CC2)on1. The van der Waals surface area contributed by atoms with Crippen LogP contribution in [0.4, 0.5) is 10.7 Å². The Morgan fingerprint density at radius 3 is 2.61 bits per heavy atom. The number of aromatic nitrogens is 1. The fourth-order valence-corrected chi connectivity index (χ4v) is 2.22. The Balaban J connectivity index is 1.69. The van der Waals surface area contributed by atoms with E-state index in [1.807, 2.05) is 18.7 Å². The first-order valence-corrected chi connectivity index (χ1v) is 7.81. The summed E-state index contributed by atoms with van der Waals surface area (Å²) in [6.45, 7) is 8.87. The van der Waals surface area contributed by atoms with Gasteiger partial charge in [0.25, 0.3) is 0 Å². The predicted octanol–water partition coefficient (Wildman–Crippen LogP) is 1.33. The van der Waals surface area contributed by atoms with Gasteiger partial charge in [-0.15, -0.1) is 0 Å². The summed E-state index contributed by atoms with van der Waals surface area (Å²) < 4.78 is 10.2. The zero-order valence-electron chi connectivity index (χ0n) is 13.9. The quantitative estimate of drug-likeness (QED) is 0.879. The number of nitrogens with zero attached hydrogens (tertiary/aromatic N) is 3. The van der Waals surface area contributed by atoms with E-state index in [2.05, 4.69) is 10.5 Å². The molecule has 1 aliphatic heterocycles. The lowest BCUT2D eigenvalue weighted by Gasteiger charge is -2.33. The smallest absolute Gasteiger partial charge is 0.409 e. The van der Waals surface area contributed by atoms with Crippen molar-refractivity contribution in [2.75, 3.05) is 44.6 Å². The van der Waals surface area contributed by atoms with Crippen LogP contribution < -0.4 is 5.32 Å². The second kappa shape index (κ2) is 7.96. The monoisotopic (exact) mass is 324 g/mol. The van der Waals surface area contributed by atoms with Gasteiger partial charge in [-0.2, -0.15) is 0 Å². The molecule has 0 radical (unpaired) electrons. The number of hydrogen-bond acceptors (Lipinski definition) is 6. The number of piperazine rings is 1. The average Bonchev–Trinajstić information content (AvgIpc) is 2.90. The van der Waals surface area contributed by atoms with Crippen molar-refractivity contribution in [1.29, 1.82) is 0 Å². The van der Waals surface area contributed by atoms with Crippen LogP contribution in [0.25, 0.3) is 0 Å². The third kappa shape index (κ3) is 5.55. The van der Waals surface area contributed by atoms with Crippen molar-refractivity contribution in [3.8, 4) is 0 Å². The molecule has 2 heterocycles. The Kier molecular flexibility index (Phi) is 5.97. The largest absolute Gasteiger partial charge is 0.449 e. The topological polar surface area (TPSA) is 87.9 Å². The van der Waals surface area contributed by atoms with Crippen LogP contribution in [0.3, 0.4) is 0 Å². The van der Waals surface area contributed by atoms with E-state index in [9.17, 15) is 9.59 Å². The summed E-state index contributed by atoms with van der Waals surface area (Å²) >= 11 is 0. The molecular weight excluding hydrogens is 300 g/mol. The fraction of sp³-hybridized carbons (Fsp3) is 0.667. The molecule has 128 valence electrons. The van der Waals surface area contributed by atoms with Gasteiger partial charge in [-0.25, -0.2) is 4.79 Å². The molecule has 0 saturated carbocycles. The third-order valence-corrected chi connectivity index (χ3v) is 3.43. The van der Waals surface area contributed by atoms with E-state index in [1.54, 1.807) is 17.9 Å². The first-order valence-electron chi connectivity index (χ1n) is 7.81. The van der Waals surface area contributed by atoms with Crippen molar-refractivity contribution in [2.45, 2.75) is 20.8 Å². The Bertz CT molecular complexity index is 535. The molecule has 8 heteroatoms. The van der Waals surface area contributed by atoms with Crippen LogP contribution >= 0.6 is 0 Å². The number of rotatable bonds is 5. The van der Waals surface area contributed by atoms with Crippen molar-refractivity contribution in [2.24, 2.45) is 5.92 Å². The van der Waals surface area contributed by atoms with Gasteiger partial charge in [-0.3, -0.25) is 15.0 Å². The Morgan fingerprint density at radius 2 is 2.04 bits per heavy atom. The molecule has 1 aromatic heterocycles. The molecule has 23 heavy (non-hydrogen) atoms. The van der Waals surface area contributed by atoms with E-state index in [0.717, 1.165) is 0 Å². The normalized spacial score (nSPS) is 15.7. The average molecular weight is 324 g/mol. The molecule has 0 bridgehead atoms. The van der Waals surface area contributed by atoms with Gasteiger partial charge >= 0.3 is 6.09 Å². The van der Waals surface area contributed by atoms with E-state index in [1.165, 1.54) is 0 Å². The van der Waals surface area contributed by atoms with Crippen LogP contribution in [0, 0.1) is 12.8 Å². The molecule has 0 atom stereocenters. The summed E-state index contributed by atoms with van der Waals surface area (Å²) in [6, 6.07) is 1.67. The zero-order valence-corrected chi connectivity index (χ0v) is 13.9. The summed E-state index contributed by atoms with van der Waals surface area (Å²) in [5, 5.41) is 6.38. The first-order chi connectivity index (χ1) is 10.9. The minimum absolute atomic E-state index is 0.156. The molecule has 8 nitrogen and oxygen atoms in total. The van der Waals surface area contributed by atoms with E-state index < -0.39 is 0 Å². The van der Waals surface area contributed by atoms with E-state index >= 15 is 0 Å². The molecule has 0 spiro atoms. The van der Waals surface area contributed by atoms with Crippen LogP contribution in [-0.4, -0.2) is 66.3 Å². The van der Waals surface area contributed by atoms with Gasteiger partial charge < -0.3 is 14.2 Å². The number of hydrogen-bond donors (Lipinski definition) is 1. The highest BCUT2D eigenvalue weighted by atomic mass is 16.6. The molecule has 1 fully saturated rings. The molecule has 0 unspecified atom stereocenters. The van der Waals surface area contributed by atoms with E-state index in [-0.39, 0.29) is 18.5 Å². The molecule has 1 N–H and O–H groups in total. The van der Waals surface area contributed by atoms with Crippen LogP contribution in [0.5, 0.6) is 0 Å². The highest BCUT2D eigenvalue weighted by Gasteiger charge is 2.23. The van der Waals surface area contributed by atoms with Gasteiger partial charge in [-0.05, 0) is 12.8 Å². The lowest BCUT2D eigenvalue weighted by molar-refractivity contribution is -0.117. The summed E-state index contributed by atoms with van der Waals surface area (Å²) in [5.74, 6) is 0.518. The maximum absolute atomic E-state index is 11.9. The van der Waals surface area contributed by atoms with E-state index in [0.29, 0.717) is 50.3 Å². The van der Waals surface area contributed by atoms with Crippen LogP contribution in [-0.2, 0) is 9.53 Å². The lowest BCUT2D eigenvalue weighted by atomic mass is 10.2. The van der Waals surface area contributed by atoms with Gasteiger partial charge in [0.05, 0.1) is 18.8 Å². The Morgan fingerprint density at radius 1 is 1.35 bits per heavy atom. The van der Waals surface area contributed by atoms with Gasteiger partial charge in [0.2, 0.25) is 11.8 Å². The molecule has 0 aliphatic carbocycles. The maximum atomic E-state index is 11.9. The molecule has 1 aliphatic rings. The molecule has 1 saturated heterocycles. The second-order valence-corrected chi connectivity index (χ2v) is 6.11. The number of nitrogens with one attached hydrogen (secondary N) is 1. The molecule has 2 amide bonds. The number of anilines is 1. The Hall–Kier alpha value is -2.09. The van der Waals surface area contributed by atoms with Gasteiger partial charge in [0.15, 0.2) is 0 Å². The number of ether oxygens (including phenoxy) is 1. The second-order valence-electron chi connectivity index (χ2n) is 6.11. The summed E-state index contributed by atoms with van der Waals surface area (Å²) in [5.41, 5.74) is 0.717. The molecule has 1 aromatic rings. The van der Waals surface area contributed by atoms with E-state index in [4.69, 9.17) is 9.26 Å². The third-order valence-electron chi connectivity index (χ3n) is 3.43. The van der Waals surface area contributed by atoms with Crippen molar-refractivity contribution < 1.29 is 18.8 Å². The maximum Gasteiger partial charge on any atom is 0.409 e. The number of carbonyl (C=O) groups is 2. The van der Waals surface area contributed by atoms with Gasteiger partial charge in [0, 0.05) is 32.2 Å². The summed E-state index contributed by atoms with van der Waals surface area (Å²) in [7, 11) is 0. The lowest BCUT2D eigenvalue weighted by Crippen LogP contribution is -2.50. The summed E-state index contributed by atoms with van der Waals surface area (Å²) in [4.78, 5) is 27.5. The minimum atomic E-state index is -0.278. The van der Waals surface area contributed by atoms with Crippen LogP contribution in [0.1, 0.15) is 19.5 Å². The fourth-order valence-electron chi connectivity index (χ4n) is 2.22. The zero-order chi connectivity index (χ0) is 16.8. The van der Waals surface area contributed by atoms with Gasteiger partial charge in [0.1, 0.15) is 0 Å². The minimum Gasteiger partial charge on any atom is -0.449 e. The van der Waals surface area contributed by atoms with Crippen LogP contribution in [0.2, 0.25) is 0 Å². The highest BCUT2D eigenvalue weighted by molar-refractivity contribution is 5.91. The molecule has 2 rings (SSSR count). The first kappa shape index (κ1) is 17.3. The molecular formula is C15H24N4O4. The number of aryl methyl sites for hydroxylation is 1. The Labute approximate surface area is 135 Å².